The minimum Gasteiger partial charge on any atom is -0.463 e. The van der Waals surface area contributed by atoms with Crippen LogP contribution in [0.3, 0.4) is 0 Å². The standard InChI is InChI=1S/C25H28N2O2/c28-25(26-19-23(24-14-9-17-29-24)27-15-7-8-16-27)18-22(20-10-3-1-4-11-20)21-12-5-2-6-13-21/h1-6,9-14,17,22-23H,7-8,15-16,18-19H2,(H,26,28)/p+1/t23-/m1/s1. The number of nitrogens with one attached hydrogen (secondary N) is 2. The van der Waals surface area contributed by atoms with Gasteiger partial charge in [0, 0.05) is 25.2 Å². The van der Waals surface area contributed by atoms with Crippen molar-refractivity contribution in [3.63, 3.8) is 0 Å². The van der Waals surface area contributed by atoms with Crippen molar-refractivity contribution in [2.45, 2.75) is 31.2 Å². The summed E-state index contributed by atoms with van der Waals surface area (Å²) in [5.41, 5.74) is 2.34. The van der Waals surface area contributed by atoms with Gasteiger partial charge in [-0.2, -0.15) is 0 Å². The zero-order chi connectivity index (χ0) is 19.9. The molecule has 4 rings (SSSR count). The second-order valence-corrected chi connectivity index (χ2v) is 7.82. The molecule has 1 aliphatic heterocycles. The van der Waals surface area contributed by atoms with Crippen LogP contribution in [0.25, 0.3) is 0 Å². The van der Waals surface area contributed by atoms with E-state index in [0.29, 0.717) is 13.0 Å². The summed E-state index contributed by atoms with van der Waals surface area (Å²) in [7, 11) is 0. The molecule has 2 heterocycles. The number of furan rings is 1. The van der Waals surface area contributed by atoms with E-state index in [2.05, 4.69) is 29.6 Å². The molecule has 2 aromatic carbocycles. The highest BCUT2D eigenvalue weighted by Gasteiger charge is 2.30. The fourth-order valence-electron chi connectivity index (χ4n) is 4.39. The molecule has 3 aromatic rings. The Hall–Kier alpha value is -2.85. The van der Waals surface area contributed by atoms with E-state index in [1.807, 2.05) is 48.5 Å². The Bertz CT molecular complexity index is 832. The number of amides is 1. The van der Waals surface area contributed by atoms with Crippen LogP contribution >= 0.6 is 0 Å². The second kappa shape index (κ2) is 9.57. The number of hydrogen-bond acceptors (Lipinski definition) is 2. The molecule has 150 valence electrons. The van der Waals surface area contributed by atoms with Gasteiger partial charge in [0.2, 0.25) is 5.91 Å². The average Bonchev–Trinajstić information content (AvgIpc) is 3.48. The van der Waals surface area contributed by atoms with Crippen LogP contribution in [0.2, 0.25) is 0 Å². The Balaban J connectivity index is 1.45. The van der Waals surface area contributed by atoms with Gasteiger partial charge in [-0.1, -0.05) is 60.7 Å². The van der Waals surface area contributed by atoms with Crippen LogP contribution in [0.4, 0.5) is 0 Å². The zero-order valence-electron chi connectivity index (χ0n) is 16.7. The molecule has 1 aliphatic rings. The Kier molecular flexibility index (Phi) is 6.42. The molecular formula is C25H29N2O2+. The molecule has 2 N–H and O–H groups in total. The quantitative estimate of drug-likeness (QED) is 0.621. The number of likely N-dealkylation sites (tertiary alicyclic amines) is 1. The molecular weight excluding hydrogens is 360 g/mol. The Labute approximate surface area is 172 Å². The minimum atomic E-state index is 0.0543. The van der Waals surface area contributed by atoms with E-state index in [9.17, 15) is 4.79 Å². The molecule has 0 saturated carbocycles. The summed E-state index contributed by atoms with van der Waals surface area (Å²) in [5, 5.41) is 3.20. The molecule has 1 amide bonds. The Morgan fingerprint density at radius 3 is 2.07 bits per heavy atom. The van der Waals surface area contributed by atoms with Gasteiger partial charge in [0.25, 0.3) is 0 Å². The first-order valence-electron chi connectivity index (χ1n) is 10.6. The van der Waals surface area contributed by atoms with E-state index >= 15 is 0 Å². The van der Waals surface area contributed by atoms with Gasteiger partial charge in [0.1, 0.15) is 0 Å². The molecule has 1 atom stereocenters. The fraction of sp³-hybridized carbons (Fsp3) is 0.320. The van der Waals surface area contributed by atoms with Crippen LogP contribution in [0.1, 0.15) is 48.1 Å². The predicted molar refractivity (Wildman–Crippen MR) is 114 cm³/mol. The Morgan fingerprint density at radius 2 is 1.52 bits per heavy atom. The minimum absolute atomic E-state index is 0.0543. The van der Waals surface area contributed by atoms with E-state index < -0.39 is 0 Å². The topological polar surface area (TPSA) is 46.7 Å². The van der Waals surface area contributed by atoms with Crippen LogP contribution in [0.5, 0.6) is 0 Å². The van der Waals surface area contributed by atoms with Crippen molar-refractivity contribution in [2.75, 3.05) is 19.6 Å². The van der Waals surface area contributed by atoms with Gasteiger partial charge >= 0.3 is 0 Å². The molecule has 0 bridgehead atoms. The highest BCUT2D eigenvalue weighted by molar-refractivity contribution is 5.77. The van der Waals surface area contributed by atoms with Crippen LogP contribution in [0, 0.1) is 0 Å². The number of quaternary nitrogens is 1. The molecule has 0 radical (unpaired) electrons. The van der Waals surface area contributed by atoms with Crippen LogP contribution in [-0.2, 0) is 4.79 Å². The third-order valence-electron chi connectivity index (χ3n) is 5.92. The smallest absolute Gasteiger partial charge is 0.221 e. The molecule has 4 heteroatoms. The van der Waals surface area contributed by atoms with E-state index in [-0.39, 0.29) is 17.9 Å². The number of carbonyl (C=O) groups excluding carboxylic acids is 1. The van der Waals surface area contributed by atoms with Gasteiger partial charge in [-0.3, -0.25) is 4.79 Å². The normalized spacial score (nSPS) is 15.5. The average molecular weight is 390 g/mol. The third-order valence-corrected chi connectivity index (χ3v) is 5.92. The summed E-state index contributed by atoms with van der Waals surface area (Å²) >= 11 is 0. The van der Waals surface area contributed by atoms with Crippen molar-refractivity contribution < 1.29 is 14.1 Å². The molecule has 29 heavy (non-hydrogen) atoms. The second-order valence-electron chi connectivity index (χ2n) is 7.82. The monoisotopic (exact) mass is 389 g/mol. The van der Waals surface area contributed by atoms with Crippen LogP contribution < -0.4 is 10.2 Å². The lowest BCUT2D eigenvalue weighted by molar-refractivity contribution is -0.919. The number of carbonyl (C=O) groups is 1. The predicted octanol–water partition coefficient (Wildman–Crippen LogP) is 3.34. The molecule has 1 aromatic heterocycles. The van der Waals surface area contributed by atoms with Crippen molar-refractivity contribution in [2.24, 2.45) is 0 Å². The first-order valence-corrected chi connectivity index (χ1v) is 10.6. The molecule has 0 aliphatic carbocycles. The first kappa shape index (κ1) is 19.5. The van der Waals surface area contributed by atoms with E-state index in [1.165, 1.54) is 28.9 Å². The van der Waals surface area contributed by atoms with Crippen LogP contribution in [0.15, 0.2) is 83.5 Å². The fourth-order valence-corrected chi connectivity index (χ4v) is 4.39. The van der Waals surface area contributed by atoms with Crippen LogP contribution in [-0.4, -0.2) is 25.5 Å². The van der Waals surface area contributed by atoms with Crippen molar-refractivity contribution in [3.8, 4) is 0 Å². The molecule has 1 saturated heterocycles. The van der Waals surface area contributed by atoms with Crippen molar-refractivity contribution in [1.82, 2.24) is 5.32 Å². The van der Waals surface area contributed by atoms with E-state index in [1.54, 1.807) is 6.26 Å². The lowest BCUT2D eigenvalue weighted by Gasteiger charge is -2.24. The summed E-state index contributed by atoms with van der Waals surface area (Å²) in [6, 6.07) is 24.7. The summed E-state index contributed by atoms with van der Waals surface area (Å²) in [4.78, 5) is 14.4. The zero-order valence-corrected chi connectivity index (χ0v) is 16.7. The van der Waals surface area contributed by atoms with Gasteiger partial charge in [0.15, 0.2) is 11.8 Å². The molecule has 1 fully saturated rings. The van der Waals surface area contributed by atoms with Crippen molar-refractivity contribution in [1.29, 1.82) is 0 Å². The van der Waals surface area contributed by atoms with Gasteiger partial charge in [-0.25, -0.2) is 0 Å². The maximum absolute atomic E-state index is 12.9. The molecule has 0 spiro atoms. The number of hydrogen-bond donors (Lipinski definition) is 2. The van der Waals surface area contributed by atoms with Gasteiger partial charge < -0.3 is 14.6 Å². The summed E-state index contributed by atoms with van der Waals surface area (Å²) < 4.78 is 5.69. The number of benzene rings is 2. The van der Waals surface area contributed by atoms with Gasteiger partial charge in [-0.15, -0.1) is 0 Å². The lowest BCUT2D eigenvalue weighted by Crippen LogP contribution is -3.11. The SMILES string of the molecule is O=C(CC(c1ccccc1)c1ccccc1)NC[C@H](c1ccco1)[NH+]1CCCC1. The maximum Gasteiger partial charge on any atom is 0.221 e. The van der Waals surface area contributed by atoms with Gasteiger partial charge in [-0.05, 0) is 23.3 Å². The van der Waals surface area contributed by atoms with E-state index in [0.717, 1.165) is 18.8 Å². The summed E-state index contributed by atoms with van der Waals surface area (Å²) in [6.45, 7) is 2.88. The Morgan fingerprint density at radius 1 is 0.897 bits per heavy atom. The van der Waals surface area contributed by atoms with E-state index in [4.69, 9.17) is 4.42 Å². The number of rotatable bonds is 8. The largest absolute Gasteiger partial charge is 0.463 e. The van der Waals surface area contributed by atoms with Crippen molar-refractivity contribution >= 4 is 5.91 Å². The maximum atomic E-state index is 12.9. The first-order chi connectivity index (χ1) is 14.3. The highest BCUT2D eigenvalue weighted by Crippen LogP contribution is 2.27. The third kappa shape index (κ3) is 4.96. The molecule has 4 nitrogen and oxygen atoms in total. The highest BCUT2D eigenvalue weighted by atomic mass is 16.3. The van der Waals surface area contributed by atoms with Crippen molar-refractivity contribution in [3.05, 3.63) is 95.9 Å². The summed E-state index contributed by atoms with van der Waals surface area (Å²) in [5.74, 6) is 1.10. The summed E-state index contributed by atoms with van der Waals surface area (Å²) in [6.07, 6.45) is 4.64. The lowest BCUT2D eigenvalue weighted by atomic mass is 9.88. The molecule has 0 unspecified atom stereocenters. The van der Waals surface area contributed by atoms with Gasteiger partial charge in [0.05, 0.1) is 25.9 Å².